The summed E-state index contributed by atoms with van der Waals surface area (Å²) in [5, 5.41) is 1.66. The topological polar surface area (TPSA) is 123 Å². The number of thiazole rings is 1. The Bertz CT molecular complexity index is 1210. The number of rotatable bonds is 6. The first-order chi connectivity index (χ1) is 13.8. The second-order valence-corrected chi connectivity index (χ2v) is 7.25. The van der Waals surface area contributed by atoms with Gasteiger partial charge in [0.2, 0.25) is 5.91 Å². The fourth-order valence-corrected chi connectivity index (χ4v) is 3.77. The van der Waals surface area contributed by atoms with Crippen molar-refractivity contribution >= 4 is 28.7 Å². The number of nitrogens with zero attached hydrogens (tertiary/aromatic N) is 3. The summed E-state index contributed by atoms with van der Waals surface area (Å²) in [5.41, 5.74) is 6.12. The third kappa shape index (κ3) is 4.06. The SMILES string of the molecule is CCN(C(=O)Cn1c(C)csc1=O)c1c(N)n(Cc2ccccc2)c(=O)[nH]c1=O. The van der Waals surface area contributed by atoms with Gasteiger partial charge in [-0.05, 0) is 19.4 Å². The van der Waals surface area contributed by atoms with Crippen molar-refractivity contribution in [1.29, 1.82) is 0 Å². The summed E-state index contributed by atoms with van der Waals surface area (Å²) in [7, 11) is 0. The van der Waals surface area contributed by atoms with Crippen LogP contribution in [-0.4, -0.2) is 26.6 Å². The van der Waals surface area contributed by atoms with Gasteiger partial charge in [-0.3, -0.25) is 28.5 Å². The van der Waals surface area contributed by atoms with Crippen LogP contribution in [-0.2, 0) is 17.9 Å². The van der Waals surface area contributed by atoms with E-state index in [2.05, 4.69) is 4.98 Å². The molecular formula is C19H21N5O4S. The van der Waals surface area contributed by atoms with Gasteiger partial charge in [-0.15, -0.1) is 0 Å². The van der Waals surface area contributed by atoms with Crippen molar-refractivity contribution in [2.45, 2.75) is 26.9 Å². The van der Waals surface area contributed by atoms with Crippen LogP contribution in [0.2, 0.25) is 0 Å². The lowest BCUT2D eigenvalue weighted by atomic mass is 10.2. The standard InChI is InChI=1S/C19H21N5O4S/c1-3-22(14(25)10-23-12(2)11-29-19(23)28)15-16(20)24(18(27)21-17(15)26)9-13-7-5-4-6-8-13/h4-8,11H,3,9-10,20H2,1-2H3,(H,21,26,27). The number of nitrogens with two attached hydrogens (primary N) is 1. The molecule has 2 aromatic heterocycles. The molecule has 0 saturated heterocycles. The Hall–Kier alpha value is -3.40. The minimum Gasteiger partial charge on any atom is -0.383 e. The zero-order chi connectivity index (χ0) is 21.1. The van der Waals surface area contributed by atoms with Gasteiger partial charge in [0.05, 0.1) is 6.54 Å². The molecule has 0 fully saturated rings. The van der Waals surface area contributed by atoms with E-state index in [1.807, 2.05) is 30.3 Å². The van der Waals surface area contributed by atoms with E-state index in [0.29, 0.717) is 5.69 Å². The van der Waals surface area contributed by atoms with Crippen LogP contribution in [0, 0.1) is 6.92 Å². The van der Waals surface area contributed by atoms with Gasteiger partial charge >= 0.3 is 10.6 Å². The van der Waals surface area contributed by atoms with E-state index in [-0.39, 0.29) is 36.0 Å². The molecule has 3 aromatic rings. The molecule has 0 bridgehead atoms. The lowest BCUT2D eigenvalue weighted by Gasteiger charge is -2.23. The Morgan fingerprint density at radius 2 is 1.86 bits per heavy atom. The lowest BCUT2D eigenvalue weighted by Crippen LogP contribution is -2.43. The molecule has 1 aromatic carbocycles. The van der Waals surface area contributed by atoms with E-state index in [4.69, 9.17) is 5.73 Å². The Kier molecular flexibility index (Phi) is 5.83. The molecule has 0 atom stereocenters. The molecule has 3 rings (SSSR count). The molecule has 3 N–H and O–H groups in total. The average Bonchev–Trinajstić information content (AvgIpc) is 3.01. The van der Waals surface area contributed by atoms with Crippen molar-refractivity contribution in [3.63, 3.8) is 0 Å². The number of amides is 1. The summed E-state index contributed by atoms with van der Waals surface area (Å²) < 4.78 is 2.55. The number of anilines is 2. The van der Waals surface area contributed by atoms with Gasteiger partial charge in [-0.2, -0.15) is 0 Å². The summed E-state index contributed by atoms with van der Waals surface area (Å²) in [6.45, 7) is 3.48. The highest BCUT2D eigenvalue weighted by Crippen LogP contribution is 2.18. The molecule has 0 radical (unpaired) electrons. The highest BCUT2D eigenvalue weighted by molar-refractivity contribution is 7.07. The number of aromatic amines is 1. The van der Waals surface area contributed by atoms with Crippen molar-refractivity contribution in [1.82, 2.24) is 14.1 Å². The number of likely N-dealkylation sites (N-methyl/N-ethyl adjacent to an activating group) is 1. The molecule has 152 valence electrons. The quantitative estimate of drug-likeness (QED) is 0.615. The van der Waals surface area contributed by atoms with Gasteiger partial charge < -0.3 is 10.6 Å². The zero-order valence-corrected chi connectivity index (χ0v) is 16.9. The number of aryl methyl sites for hydroxylation is 1. The van der Waals surface area contributed by atoms with Gasteiger partial charge in [-0.1, -0.05) is 41.7 Å². The first-order valence-electron chi connectivity index (χ1n) is 8.95. The monoisotopic (exact) mass is 415 g/mol. The molecule has 10 heteroatoms. The maximum Gasteiger partial charge on any atom is 0.330 e. The van der Waals surface area contributed by atoms with Crippen molar-refractivity contribution in [3.05, 3.63) is 77.5 Å². The van der Waals surface area contributed by atoms with Gasteiger partial charge in [0.25, 0.3) is 5.56 Å². The lowest BCUT2D eigenvalue weighted by molar-refractivity contribution is -0.119. The predicted octanol–water partition coefficient (Wildman–Crippen LogP) is 0.752. The van der Waals surface area contributed by atoms with Crippen molar-refractivity contribution < 1.29 is 4.79 Å². The smallest absolute Gasteiger partial charge is 0.330 e. The van der Waals surface area contributed by atoms with Crippen LogP contribution in [0.1, 0.15) is 18.2 Å². The Labute approximate surface area is 169 Å². The average molecular weight is 415 g/mol. The van der Waals surface area contributed by atoms with Crippen molar-refractivity contribution in [2.24, 2.45) is 0 Å². The number of nitrogen functional groups attached to an aromatic ring is 1. The molecule has 0 spiro atoms. The molecule has 2 heterocycles. The molecule has 29 heavy (non-hydrogen) atoms. The number of carbonyl (C=O) groups excluding carboxylic acids is 1. The van der Waals surface area contributed by atoms with Gasteiger partial charge in [0.1, 0.15) is 12.4 Å². The summed E-state index contributed by atoms with van der Waals surface area (Å²) in [6, 6.07) is 9.15. The van der Waals surface area contributed by atoms with E-state index >= 15 is 0 Å². The van der Waals surface area contributed by atoms with Gasteiger partial charge in [0.15, 0.2) is 5.69 Å². The van der Waals surface area contributed by atoms with Crippen molar-refractivity contribution in [3.8, 4) is 0 Å². The highest BCUT2D eigenvalue weighted by Gasteiger charge is 2.24. The number of benzene rings is 1. The van der Waals surface area contributed by atoms with Crippen molar-refractivity contribution in [2.75, 3.05) is 17.2 Å². The molecule has 1 amide bonds. The van der Waals surface area contributed by atoms with Crippen LogP contribution in [0.15, 0.2) is 50.1 Å². The minimum absolute atomic E-state index is 0.103. The largest absolute Gasteiger partial charge is 0.383 e. The Balaban J connectivity index is 2.02. The molecule has 9 nitrogen and oxygen atoms in total. The van der Waals surface area contributed by atoms with Crippen LogP contribution in [0.4, 0.5) is 11.5 Å². The number of aromatic nitrogens is 3. The summed E-state index contributed by atoms with van der Waals surface area (Å²) in [5.74, 6) is -0.578. The van der Waals surface area contributed by atoms with Crippen LogP contribution in [0.25, 0.3) is 0 Å². The number of hydrogen-bond donors (Lipinski definition) is 2. The van der Waals surface area contributed by atoms with Gasteiger partial charge in [0, 0.05) is 17.6 Å². The van der Waals surface area contributed by atoms with Crippen LogP contribution in [0.3, 0.4) is 0 Å². The second-order valence-electron chi connectivity index (χ2n) is 6.43. The summed E-state index contributed by atoms with van der Waals surface area (Å²) >= 11 is 0.999. The molecule has 0 aliphatic rings. The van der Waals surface area contributed by atoms with Crippen LogP contribution < -0.4 is 26.8 Å². The van der Waals surface area contributed by atoms with E-state index < -0.39 is 17.2 Å². The number of H-pyrrole nitrogens is 1. The second kappa shape index (κ2) is 8.31. The number of hydrogen-bond acceptors (Lipinski definition) is 6. The number of nitrogens with one attached hydrogen (secondary N) is 1. The molecular weight excluding hydrogens is 394 g/mol. The highest BCUT2D eigenvalue weighted by atomic mass is 32.1. The predicted molar refractivity (Wildman–Crippen MR) is 113 cm³/mol. The van der Waals surface area contributed by atoms with Crippen LogP contribution >= 0.6 is 11.3 Å². The summed E-state index contributed by atoms with van der Waals surface area (Å²) in [6.07, 6.45) is 0. The summed E-state index contributed by atoms with van der Waals surface area (Å²) in [4.78, 5) is 52.8. The van der Waals surface area contributed by atoms with E-state index in [0.717, 1.165) is 16.9 Å². The van der Waals surface area contributed by atoms with E-state index in [1.165, 1.54) is 14.0 Å². The van der Waals surface area contributed by atoms with Gasteiger partial charge in [-0.25, -0.2) is 4.79 Å². The minimum atomic E-state index is -0.749. The fraction of sp³-hybridized carbons (Fsp3) is 0.263. The van der Waals surface area contributed by atoms with Crippen LogP contribution in [0.5, 0.6) is 0 Å². The third-order valence-electron chi connectivity index (χ3n) is 4.55. The molecule has 0 aliphatic heterocycles. The molecule has 0 saturated carbocycles. The maximum absolute atomic E-state index is 12.9. The third-order valence-corrected chi connectivity index (χ3v) is 5.44. The first kappa shape index (κ1) is 20.3. The normalized spacial score (nSPS) is 10.8. The van der Waals surface area contributed by atoms with E-state index in [9.17, 15) is 19.2 Å². The molecule has 0 unspecified atom stereocenters. The Morgan fingerprint density at radius 3 is 2.45 bits per heavy atom. The Morgan fingerprint density at radius 1 is 1.17 bits per heavy atom. The molecule has 0 aliphatic carbocycles. The number of carbonyl (C=O) groups is 1. The fourth-order valence-electron chi connectivity index (χ4n) is 3.04. The maximum atomic E-state index is 12.9. The first-order valence-corrected chi connectivity index (χ1v) is 9.83. The van der Waals surface area contributed by atoms with E-state index in [1.54, 1.807) is 19.2 Å². The zero-order valence-electron chi connectivity index (χ0n) is 16.0.